The van der Waals surface area contributed by atoms with Crippen LogP contribution in [0.3, 0.4) is 0 Å². The van der Waals surface area contributed by atoms with Gasteiger partial charge in [-0.05, 0) is 69.0 Å². The van der Waals surface area contributed by atoms with Gasteiger partial charge in [0.05, 0.1) is 6.10 Å². The molecule has 0 aromatic rings. The van der Waals surface area contributed by atoms with Gasteiger partial charge in [-0.3, -0.25) is 0 Å². The van der Waals surface area contributed by atoms with E-state index >= 15 is 0 Å². The zero-order valence-electron chi connectivity index (χ0n) is 15.9. The van der Waals surface area contributed by atoms with Crippen molar-refractivity contribution in [2.24, 2.45) is 11.8 Å². The van der Waals surface area contributed by atoms with E-state index in [0.717, 1.165) is 23.7 Å². The van der Waals surface area contributed by atoms with Gasteiger partial charge in [0.2, 0.25) is 0 Å². The van der Waals surface area contributed by atoms with Crippen LogP contribution in [0.2, 0.25) is 0 Å². The molecule has 1 saturated heterocycles. The topological polar surface area (TPSA) is 9.23 Å². The minimum Gasteiger partial charge on any atom is -0.378 e. The Morgan fingerprint density at radius 1 is 0.708 bits per heavy atom. The van der Waals surface area contributed by atoms with Gasteiger partial charge in [-0.1, -0.05) is 51.4 Å². The van der Waals surface area contributed by atoms with E-state index in [-0.39, 0.29) is 0 Å². The molecule has 1 heterocycles. The van der Waals surface area contributed by atoms with E-state index in [9.17, 15) is 0 Å². The monoisotopic (exact) mass is 352 g/mol. The molecule has 0 aromatic heterocycles. The van der Waals surface area contributed by atoms with Gasteiger partial charge in [0.1, 0.15) is 0 Å². The summed E-state index contributed by atoms with van der Waals surface area (Å²) in [5.74, 6) is 3.58. The fraction of sp³-hybridized carbons (Fsp3) is 1.00. The SMILES string of the molecule is C(CCCSC(C1CCCC1)C1CCCC1)CCCC1CCCO1. The van der Waals surface area contributed by atoms with Gasteiger partial charge in [-0.25, -0.2) is 0 Å². The molecule has 0 aromatic carbocycles. The third-order valence-corrected chi connectivity index (χ3v) is 8.41. The van der Waals surface area contributed by atoms with E-state index in [0.29, 0.717) is 6.10 Å². The Kier molecular flexibility index (Phi) is 8.84. The molecule has 2 saturated carbocycles. The quantitative estimate of drug-likeness (QED) is 0.371. The molecule has 0 spiro atoms. The molecule has 1 nitrogen and oxygen atoms in total. The van der Waals surface area contributed by atoms with Gasteiger partial charge in [-0.2, -0.15) is 11.8 Å². The van der Waals surface area contributed by atoms with Crippen LogP contribution < -0.4 is 0 Å². The Morgan fingerprint density at radius 3 is 1.96 bits per heavy atom. The summed E-state index contributed by atoms with van der Waals surface area (Å²) in [6.07, 6.45) is 23.9. The van der Waals surface area contributed by atoms with Crippen LogP contribution in [0.4, 0.5) is 0 Å². The first-order valence-corrected chi connectivity index (χ1v) is 12.2. The maximum absolute atomic E-state index is 5.72. The van der Waals surface area contributed by atoms with Crippen molar-refractivity contribution < 1.29 is 4.74 Å². The predicted molar refractivity (Wildman–Crippen MR) is 107 cm³/mol. The lowest BCUT2D eigenvalue weighted by Crippen LogP contribution is -2.23. The first-order valence-electron chi connectivity index (χ1n) is 11.2. The number of hydrogen-bond donors (Lipinski definition) is 0. The molecule has 0 bridgehead atoms. The molecule has 0 radical (unpaired) electrons. The normalized spacial score (nSPS) is 26.1. The second-order valence-electron chi connectivity index (χ2n) is 8.62. The van der Waals surface area contributed by atoms with Crippen LogP contribution >= 0.6 is 11.8 Å². The summed E-state index contributed by atoms with van der Waals surface area (Å²) in [5, 5.41) is 1.02. The Bertz CT molecular complexity index is 298. The van der Waals surface area contributed by atoms with Crippen LogP contribution in [-0.4, -0.2) is 23.7 Å². The summed E-state index contributed by atoms with van der Waals surface area (Å²) in [5.41, 5.74) is 0. The summed E-state index contributed by atoms with van der Waals surface area (Å²) in [6, 6.07) is 0. The number of thioether (sulfide) groups is 1. The average molecular weight is 353 g/mol. The molecule has 0 amide bonds. The largest absolute Gasteiger partial charge is 0.378 e. The van der Waals surface area contributed by atoms with Crippen molar-refractivity contribution in [3.8, 4) is 0 Å². The van der Waals surface area contributed by atoms with Gasteiger partial charge >= 0.3 is 0 Å². The molecule has 1 unspecified atom stereocenters. The highest BCUT2D eigenvalue weighted by molar-refractivity contribution is 7.99. The van der Waals surface area contributed by atoms with Crippen molar-refractivity contribution in [3.63, 3.8) is 0 Å². The minimum absolute atomic E-state index is 0.610. The number of ether oxygens (including phenoxy) is 1. The number of unbranched alkanes of at least 4 members (excludes halogenated alkanes) is 4. The van der Waals surface area contributed by atoms with Gasteiger partial charge < -0.3 is 4.74 Å². The van der Waals surface area contributed by atoms with Crippen LogP contribution in [0.5, 0.6) is 0 Å². The maximum Gasteiger partial charge on any atom is 0.0576 e. The highest BCUT2D eigenvalue weighted by atomic mass is 32.2. The second-order valence-corrected chi connectivity index (χ2v) is 9.90. The first kappa shape index (κ1) is 19.1. The predicted octanol–water partition coefficient (Wildman–Crippen LogP) is 6.99. The molecule has 1 atom stereocenters. The summed E-state index contributed by atoms with van der Waals surface area (Å²) in [7, 11) is 0. The molecule has 24 heavy (non-hydrogen) atoms. The molecular formula is C22H40OS. The van der Waals surface area contributed by atoms with E-state index in [1.807, 2.05) is 0 Å². The first-order chi connectivity index (χ1) is 11.9. The van der Waals surface area contributed by atoms with Crippen LogP contribution in [0.15, 0.2) is 0 Å². The molecular weight excluding hydrogens is 312 g/mol. The van der Waals surface area contributed by atoms with Gasteiger partial charge in [-0.15, -0.1) is 0 Å². The highest BCUT2D eigenvalue weighted by Gasteiger charge is 2.33. The lowest BCUT2D eigenvalue weighted by atomic mass is 9.91. The third-order valence-electron chi connectivity index (χ3n) is 6.73. The van der Waals surface area contributed by atoms with Crippen LogP contribution in [0, 0.1) is 11.8 Å². The zero-order chi connectivity index (χ0) is 16.5. The van der Waals surface area contributed by atoms with Crippen LogP contribution in [0.1, 0.15) is 103 Å². The van der Waals surface area contributed by atoms with Crippen LogP contribution in [0.25, 0.3) is 0 Å². The number of hydrogen-bond acceptors (Lipinski definition) is 2. The minimum atomic E-state index is 0.610. The average Bonchev–Trinajstić information content (AvgIpc) is 3.35. The fourth-order valence-electron chi connectivity index (χ4n) is 5.32. The van der Waals surface area contributed by atoms with Crippen LogP contribution in [-0.2, 0) is 4.74 Å². The summed E-state index contributed by atoms with van der Waals surface area (Å²) in [6.45, 7) is 1.02. The third kappa shape index (κ3) is 6.24. The summed E-state index contributed by atoms with van der Waals surface area (Å²) in [4.78, 5) is 0. The molecule has 2 heteroatoms. The lowest BCUT2D eigenvalue weighted by Gasteiger charge is -2.28. The molecule has 2 aliphatic carbocycles. The highest BCUT2D eigenvalue weighted by Crippen LogP contribution is 2.43. The molecule has 3 fully saturated rings. The fourth-order valence-corrected chi connectivity index (χ4v) is 7.06. The van der Waals surface area contributed by atoms with E-state index in [1.165, 1.54) is 108 Å². The van der Waals surface area contributed by atoms with E-state index in [1.54, 1.807) is 0 Å². The van der Waals surface area contributed by atoms with E-state index < -0.39 is 0 Å². The Morgan fingerprint density at radius 2 is 1.33 bits per heavy atom. The van der Waals surface area contributed by atoms with Crippen molar-refractivity contribution in [1.82, 2.24) is 0 Å². The molecule has 140 valence electrons. The smallest absolute Gasteiger partial charge is 0.0576 e. The van der Waals surface area contributed by atoms with Crippen molar-refractivity contribution in [3.05, 3.63) is 0 Å². The van der Waals surface area contributed by atoms with Gasteiger partial charge in [0.15, 0.2) is 0 Å². The standard InChI is InChI=1S/C22H40OS/c1(2-4-15-21-16-10-17-23-21)3-9-18-24-22(19-11-5-6-12-19)20-13-7-8-14-20/h19-22H,1-18H2. The van der Waals surface area contributed by atoms with Crippen molar-refractivity contribution in [2.45, 2.75) is 114 Å². The van der Waals surface area contributed by atoms with Gasteiger partial charge in [0.25, 0.3) is 0 Å². The molecule has 3 rings (SSSR count). The number of rotatable bonds is 11. The maximum atomic E-state index is 5.72. The Labute approximate surface area is 155 Å². The van der Waals surface area contributed by atoms with Crippen molar-refractivity contribution >= 4 is 11.8 Å². The molecule has 0 N–H and O–H groups in total. The van der Waals surface area contributed by atoms with E-state index in [2.05, 4.69) is 11.8 Å². The van der Waals surface area contributed by atoms with Crippen molar-refractivity contribution in [2.75, 3.05) is 12.4 Å². The molecule has 3 aliphatic rings. The Balaban J connectivity index is 1.22. The summed E-state index contributed by atoms with van der Waals surface area (Å²) < 4.78 is 5.72. The summed E-state index contributed by atoms with van der Waals surface area (Å²) >= 11 is 2.38. The van der Waals surface area contributed by atoms with Gasteiger partial charge in [0, 0.05) is 11.9 Å². The zero-order valence-corrected chi connectivity index (χ0v) is 16.7. The van der Waals surface area contributed by atoms with E-state index in [4.69, 9.17) is 4.74 Å². The second kappa shape index (κ2) is 11.1. The Hall–Kier alpha value is 0.310. The lowest BCUT2D eigenvalue weighted by molar-refractivity contribution is 0.102. The molecule has 1 aliphatic heterocycles. The van der Waals surface area contributed by atoms with Crippen molar-refractivity contribution in [1.29, 1.82) is 0 Å².